The molecule has 1 aromatic rings. The molecular weight excluding hydrogens is 429 g/mol. The lowest BCUT2D eigenvalue weighted by Gasteiger charge is -2.38. The Morgan fingerprint density at radius 2 is 2.07 bits per heavy atom. The molecule has 2 aliphatic rings. The van der Waals surface area contributed by atoms with E-state index in [2.05, 4.69) is 15.5 Å². The van der Waals surface area contributed by atoms with Gasteiger partial charge in [0.05, 0.1) is 29.9 Å². The molecule has 0 aliphatic carbocycles. The van der Waals surface area contributed by atoms with Crippen LogP contribution >= 0.6 is 23.2 Å². The number of piperidine rings is 1. The highest BCUT2D eigenvalue weighted by atomic mass is 35.5. The van der Waals surface area contributed by atoms with Gasteiger partial charge in [0.2, 0.25) is 0 Å². The number of carbonyl (C=O) groups is 1. The van der Waals surface area contributed by atoms with Crippen LogP contribution in [0, 0.1) is 5.92 Å². The predicted molar refractivity (Wildman–Crippen MR) is 118 cm³/mol. The van der Waals surface area contributed by atoms with Gasteiger partial charge in [-0.3, -0.25) is 4.79 Å². The van der Waals surface area contributed by atoms with Crippen LogP contribution in [-0.2, 0) is 4.74 Å². The second kappa shape index (κ2) is 11.4. The maximum absolute atomic E-state index is 13.0. The van der Waals surface area contributed by atoms with E-state index < -0.39 is 0 Å². The van der Waals surface area contributed by atoms with Gasteiger partial charge in [-0.1, -0.05) is 23.2 Å². The third-order valence-electron chi connectivity index (χ3n) is 5.67. The Bertz CT molecular complexity index is 735. The smallest absolute Gasteiger partial charge is 0.255 e. The first-order chi connectivity index (χ1) is 14.5. The zero-order valence-electron chi connectivity index (χ0n) is 17.6. The zero-order valence-corrected chi connectivity index (χ0v) is 19.2. The Morgan fingerprint density at radius 1 is 1.30 bits per heavy atom. The van der Waals surface area contributed by atoms with Crippen LogP contribution in [0.3, 0.4) is 0 Å². The average Bonchev–Trinajstić information content (AvgIpc) is 3.01. The number of likely N-dealkylation sites (tertiary alicyclic amines) is 1. The summed E-state index contributed by atoms with van der Waals surface area (Å²) in [5.74, 6) is 0.707. The molecule has 2 aliphatic heterocycles. The van der Waals surface area contributed by atoms with Gasteiger partial charge in [-0.15, -0.1) is 0 Å². The molecule has 0 aromatic heterocycles. The van der Waals surface area contributed by atoms with Crippen molar-refractivity contribution in [2.24, 2.45) is 5.92 Å². The number of amides is 1. The molecule has 2 heterocycles. The first-order valence-electron chi connectivity index (χ1n) is 10.5. The number of nitrogens with zero attached hydrogens (tertiary/aromatic N) is 1. The van der Waals surface area contributed by atoms with Crippen molar-refractivity contribution >= 4 is 29.1 Å². The molecule has 0 bridgehead atoms. The summed E-state index contributed by atoms with van der Waals surface area (Å²) >= 11 is 12.5. The number of hydrogen-bond acceptors (Lipinski definition) is 6. The minimum Gasteiger partial charge on any atom is -0.489 e. The highest BCUT2D eigenvalue weighted by Crippen LogP contribution is 2.44. The SMILES string of the molecule is CNCCCN1CC[C@@H](CNC(=O)c2cc(Cl)c(Cl)c3c2OCCCO3)C(OC)C1. The molecule has 2 N–H and O–H groups in total. The van der Waals surface area contributed by atoms with Crippen LogP contribution in [0.5, 0.6) is 11.5 Å². The molecule has 1 fully saturated rings. The number of hydrogen-bond donors (Lipinski definition) is 2. The van der Waals surface area contributed by atoms with E-state index in [9.17, 15) is 4.79 Å². The van der Waals surface area contributed by atoms with Crippen LogP contribution in [0.2, 0.25) is 10.0 Å². The van der Waals surface area contributed by atoms with Gasteiger partial charge < -0.3 is 29.7 Å². The largest absolute Gasteiger partial charge is 0.489 e. The number of methoxy groups -OCH3 is 1. The van der Waals surface area contributed by atoms with E-state index in [1.807, 2.05) is 7.05 Å². The highest BCUT2D eigenvalue weighted by Gasteiger charge is 2.30. The molecule has 7 nitrogen and oxygen atoms in total. The van der Waals surface area contributed by atoms with E-state index in [4.69, 9.17) is 37.4 Å². The third kappa shape index (κ3) is 5.71. The Kier molecular flexibility index (Phi) is 8.89. The van der Waals surface area contributed by atoms with E-state index in [1.54, 1.807) is 13.2 Å². The summed E-state index contributed by atoms with van der Waals surface area (Å²) in [5, 5.41) is 6.76. The van der Waals surface area contributed by atoms with Crippen LogP contribution in [0.25, 0.3) is 0 Å². The standard InChI is InChI=1S/C21H31Cl2N3O4/c1-24-6-3-7-26-8-5-14(17(13-26)28-2)12-25-21(27)15-11-16(22)18(23)20-19(15)29-9-4-10-30-20/h11,14,17,24H,3-10,12-13H2,1-2H3,(H,25,27)/t14-,17?/m0/s1. The van der Waals surface area contributed by atoms with Gasteiger partial charge in [0.15, 0.2) is 11.5 Å². The molecule has 1 unspecified atom stereocenters. The molecule has 1 saturated heterocycles. The first kappa shape index (κ1) is 23.4. The van der Waals surface area contributed by atoms with Gasteiger partial charge in [-0.2, -0.15) is 0 Å². The number of carbonyl (C=O) groups excluding carboxylic acids is 1. The van der Waals surface area contributed by atoms with Gasteiger partial charge in [-0.25, -0.2) is 0 Å². The van der Waals surface area contributed by atoms with E-state index in [-0.39, 0.29) is 28.0 Å². The van der Waals surface area contributed by atoms with Gasteiger partial charge >= 0.3 is 0 Å². The molecule has 9 heteroatoms. The van der Waals surface area contributed by atoms with Gasteiger partial charge in [0.1, 0.15) is 5.02 Å². The normalized spacial score (nSPS) is 21.9. The second-order valence-corrected chi connectivity index (χ2v) is 8.50. The molecular formula is C21H31Cl2N3O4. The molecule has 1 amide bonds. The van der Waals surface area contributed by atoms with E-state index >= 15 is 0 Å². The van der Waals surface area contributed by atoms with Crippen LogP contribution in [0.15, 0.2) is 6.07 Å². The average molecular weight is 460 g/mol. The molecule has 0 spiro atoms. The third-order valence-corrected chi connectivity index (χ3v) is 6.44. The van der Waals surface area contributed by atoms with E-state index in [0.717, 1.165) is 39.0 Å². The summed E-state index contributed by atoms with van der Waals surface area (Å²) in [4.78, 5) is 15.4. The Balaban J connectivity index is 1.62. The second-order valence-electron chi connectivity index (χ2n) is 7.72. The topological polar surface area (TPSA) is 72.1 Å². The minimum atomic E-state index is -0.249. The summed E-state index contributed by atoms with van der Waals surface area (Å²) in [6.45, 7) is 5.39. The van der Waals surface area contributed by atoms with Crippen molar-refractivity contribution in [2.45, 2.75) is 25.4 Å². The van der Waals surface area contributed by atoms with Crippen LogP contribution in [0.1, 0.15) is 29.6 Å². The molecule has 0 radical (unpaired) electrons. The lowest BCUT2D eigenvalue weighted by molar-refractivity contribution is -0.0105. The van der Waals surface area contributed by atoms with Crippen LogP contribution in [0.4, 0.5) is 0 Å². The monoisotopic (exact) mass is 459 g/mol. The molecule has 168 valence electrons. The Hall–Kier alpha value is -1.25. The molecule has 30 heavy (non-hydrogen) atoms. The summed E-state index contributed by atoms with van der Waals surface area (Å²) in [7, 11) is 3.71. The highest BCUT2D eigenvalue weighted by molar-refractivity contribution is 6.43. The van der Waals surface area contributed by atoms with Crippen molar-refractivity contribution in [3.05, 3.63) is 21.7 Å². The number of halogens is 2. The maximum atomic E-state index is 13.0. The number of benzene rings is 1. The predicted octanol–water partition coefficient (Wildman–Crippen LogP) is 2.83. The number of rotatable bonds is 8. The van der Waals surface area contributed by atoms with Crippen molar-refractivity contribution in [2.75, 3.05) is 60.1 Å². The van der Waals surface area contributed by atoms with E-state index in [1.165, 1.54) is 0 Å². The number of nitrogens with one attached hydrogen (secondary N) is 2. The summed E-state index contributed by atoms with van der Waals surface area (Å²) in [5.41, 5.74) is 0.347. The lowest BCUT2D eigenvalue weighted by atomic mass is 9.93. The molecule has 0 saturated carbocycles. The minimum absolute atomic E-state index is 0.0825. The van der Waals surface area contributed by atoms with Crippen molar-refractivity contribution in [3.63, 3.8) is 0 Å². The number of ether oxygens (including phenoxy) is 3. The lowest BCUT2D eigenvalue weighted by Crippen LogP contribution is -2.48. The van der Waals surface area contributed by atoms with Crippen LogP contribution < -0.4 is 20.1 Å². The fourth-order valence-corrected chi connectivity index (χ4v) is 4.36. The van der Waals surface area contributed by atoms with Gasteiger partial charge in [-0.05, 0) is 45.6 Å². The zero-order chi connectivity index (χ0) is 21.5. The Morgan fingerprint density at radius 3 is 2.80 bits per heavy atom. The summed E-state index contributed by atoms with van der Waals surface area (Å²) < 4.78 is 17.2. The van der Waals surface area contributed by atoms with Gasteiger partial charge in [0.25, 0.3) is 5.91 Å². The van der Waals surface area contributed by atoms with E-state index in [0.29, 0.717) is 43.2 Å². The fraction of sp³-hybridized carbons (Fsp3) is 0.667. The molecule has 3 rings (SSSR count). The van der Waals surface area contributed by atoms with Crippen molar-refractivity contribution in [1.82, 2.24) is 15.5 Å². The van der Waals surface area contributed by atoms with Crippen molar-refractivity contribution < 1.29 is 19.0 Å². The molecule has 1 aromatic carbocycles. The molecule has 2 atom stereocenters. The first-order valence-corrected chi connectivity index (χ1v) is 11.3. The summed E-state index contributed by atoms with van der Waals surface area (Å²) in [6.07, 6.45) is 2.88. The quantitative estimate of drug-likeness (QED) is 0.582. The van der Waals surface area contributed by atoms with Gasteiger partial charge in [0, 0.05) is 32.5 Å². The Labute approximate surface area is 188 Å². The number of fused-ring (bicyclic) bond motifs is 1. The van der Waals surface area contributed by atoms with Crippen molar-refractivity contribution in [1.29, 1.82) is 0 Å². The fourth-order valence-electron chi connectivity index (χ4n) is 3.97. The van der Waals surface area contributed by atoms with Crippen LogP contribution in [-0.4, -0.2) is 77.0 Å². The summed E-state index contributed by atoms with van der Waals surface area (Å²) in [6, 6.07) is 1.55. The van der Waals surface area contributed by atoms with Crippen molar-refractivity contribution in [3.8, 4) is 11.5 Å². The maximum Gasteiger partial charge on any atom is 0.255 e.